The first-order valence-electron chi connectivity index (χ1n) is 8.68. The van der Waals surface area contributed by atoms with Crippen LogP contribution in [0.15, 0.2) is 42.0 Å². The molecule has 0 saturated carbocycles. The van der Waals surface area contributed by atoms with Gasteiger partial charge in [-0.2, -0.15) is 11.8 Å². The lowest BCUT2D eigenvalue weighted by Gasteiger charge is -2.36. The second kappa shape index (κ2) is 10.1. The highest BCUT2D eigenvalue weighted by Crippen LogP contribution is 2.24. The summed E-state index contributed by atoms with van der Waals surface area (Å²) in [6, 6.07) is 4.11. The largest absolute Gasteiger partial charge is 0.352 e. The van der Waals surface area contributed by atoms with Crippen molar-refractivity contribution in [2.75, 3.05) is 25.9 Å². The number of thioether (sulfide) groups is 1. The molecule has 1 fully saturated rings. The Morgan fingerprint density at radius 3 is 2.96 bits per heavy atom. The molecule has 0 amide bonds. The van der Waals surface area contributed by atoms with E-state index < -0.39 is 0 Å². The monoisotopic (exact) mass is 486 g/mol. The van der Waals surface area contributed by atoms with E-state index in [4.69, 9.17) is 0 Å². The van der Waals surface area contributed by atoms with Crippen LogP contribution in [0.4, 0.5) is 0 Å². The van der Waals surface area contributed by atoms with Crippen molar-refractivity contribution in [2.45, 2.75) is 25.6 Å². The molecule has 1 saturated heterocycles. The molecule has 0 spiro atoms. The quantitative estimate of drug-likeness (QED) is 0.409. The van der Waals surface area contributed by atoms with E-state index in [1.165, 1.54) is 5.56 Å². The van der Waals surface area contributed by atoms with Gasteiger partial charge in [-0.15, -0.1) is 24.0 Å². The van der Waals surface area contributed by atoms with Gasteiger partial charge in [0.05, 0.1) is 0 Å². The number of aromatic nitrogens is 3. The van der Waals surface area contributed by atoms with Crippen LogP contribution in [0.5, 0.6) is 0 Å². The van der Waals surface area contributed by atoms with Crippen LogP contribution in [-0.2, 0) is 6.54 Å². The minimum Gasteiger partial charge on any atom is -0.352 e. The highest BCUT2D eigenvalue weighted by Gasteiger charge is 2.24. The van der Waals surface area contributed by atoms with Gasteiger partial charge < -0.3 is 10.2 Å². The summed E-state index contributed by atoms with van der Waals surface area (Å²) in [6.07, 6.45) is 7.25. The Balaban J connectivity index is 0.00000243. The molecule has 142 valence electrons. The minimum atomic E-state index is 0. The number of halogens is 1. The van der Waals surface area contributed by atoms with Crippen molar-refractivity contribution in [3.63, 3.8) is 0 Å². The molecule has 6 nitrogen and oxygen atoms in total. The number of rotatable bonds is 4. The molecule has 1 N–H and O–H groups in total. The zero-order valence-electron chi connectivity index (χ0n) is 15.5. The molecule has 26 heavy (non-hydrogen) atoms. The highest BCUT2D eigenvalue weighted by molar-refractivity contribution is 14.0. The summed E-state index contributed by atoms with van der Waals surface area (Å²) in [5, 5.41) is 4.17. The zero-order chi connectivity index (χ0) is 17.6. The molecule has 3 heterocycles. The van der Waals surface area contributed by atoms with Crippen molar-refractivity contribution in [3.8, 4) is 5.82 Å². The van der Waals surface area contributed by atoms with Gasteiger partial charge in [0.1, 0.15) is 12.1 Å². The molecule has 1 unspecified atom stereocenters. The van der Waals surface area contributed by atoms with Gasteiger partial charge >= 0.3 is 0 Å². The van der Waals surface area contributed by atoms with E-state index in [-0.39, 0.29) is 24.0 Å². The van der Waals surface area contributed by atoms with Crippen LogP contribution < -0.4 is 5.32 Å². The summed E-state index contributed by atoms with van der Waals surface area (Å²) in [5.41, 5.74) is 1.17. The predicted octanol–water partition coefficient (Wildman–Crippen LogP) is 3.03. The molecule has 3 rings (SSSR count). The van der Waals surface area contributed by atoms with Crippen LogP contribution in [0.1, 0.15) is 19.4 Å². The Hall–Kier alpha value is -1.29. The number of pyridine rings is 1. The Labute approximate surface area is 176 Å². The van der Waals surface area contributed by atoms with E-state index in [1.54, 1.807) is 12.5 Å². The lowest BCUT2D eigenvalue weighted by atomic mass is 10.1. The number of nitrogens with one attached hydrogen (secondary N) is 1. The third-order valence-electron chi connectivity index (χ3n) is 4.38. The van der Waals surface area contributed by atoms with Crippen molar-refractivity contribution >= 4 is 41.7 Å². The van der Waals surface area contributed by atoms with E-state index in [0.717, 1.165) is 37.2 Å². The SMILES string of the molecule is CN=C(NCc1ccnc(-n2ccnc2)c1)N1CCSC(C(C)C)C1.I. The van der Waals surface area contributed by atoms with Crippen molar-refractivity contribution < 1.29 is 0 Å². The lowest BCUT2D eigenvalue weighted by molar-refractivity contribution is 0.380. The van der Waals surface area contributed by atoms with Crippen molar-refractivity contribution in [1.82, 2.24) is 24.8 Å². The maximum atomic E-state index is 4.48. The Bertz CT molecular complexity index is 703. The molecule has 1 aliphatic heterocycles. The fraction of sp³-hybridized carbons (Fsp3) is 0.500. The third-order valence-corrected chi connectivity index (χ3v) is 5.92. The predicted molar refractivity (Wildman–Crippen MR) is 120 cm³/mol. The third kappa shape index (κ3) is 5.35. The molecule has 0 radical (unpaired) electrons. The van der Waals surface area contributed by atoms with E-state index in [2.05, 4.69) is 56.9 Å². The average molecular weight is 486 g/mol. The Morgan fingerprint density at radius 1 is 1.42 bits per heavy atom. The maximum absolute atomic E-state index is 4.48. The van der Waals surface area contributed by atoms with Gasteiger partial charge in [-0.1, -0.05) is 13.8 Å². The fourth-order valence-electron chi connectivity index (χ4n) is 2.89. The molecule has 0 aliphatic carbocycles. The van der Waals surface area contributed by atoms with Gasteiger partial charge in [0.15, 0.2) is 5.96 Å². The van der Waals surface area contributed by atoms with Gasteiger partial charge in [0.2, 0.25) is 0 Å². The number of hydrogen-bond donors (Lipinski definition) is 1. The number of hydrogen-bond acceptors (Lipinski definition) is 4. The molecule has 2 aromatic rings. The molecule has 2 aromatic heterocycles. The minimum absolute atomic E-state index is 0. The summed E-state index contributed by atoms with van der Waals surface area (Å²) < 4.78 is 1.91. The van der Waals surface area contributed by atoms with E-state index in [0.29, 0.717) is 11.2 Å². The van der Waals surface area contributed by atoms with Crippen molar-refractivity contribution in [2.24, 2.45) is 10.9 Å². The van der Waals surface area contributed by atoms with Gasteiger partial charge in [-0.3, -0.25) is 9.56 Å². The first kappa shape index (κ1) is 21.0. The zero-order valence-corrected chi connectivity index (χ0v) is 18.6. The van der Waals surface area contributed by atoms with Crippen LogP contribution >= 0.6 is 35.7 Å². The van der Waals surface area contributed by atoms with Crippen LogP contribution in [0.25, 0.3) is 5.82 Å². The number of nitrogens with zero attached hydrogens (tertiary/aromatic N) is 5. The molecular formula is C18H27IN6S. The second-order valence-electron chi connectivity index (χ2n) is 6.49. The molecule has 8 heteroatoms. The molecule has 0 aromatic carbocycles. The summed E-state index contributed by atoms with van der Waals surface area (Å²) in [6.45, 7) is 7.42. The summed E-state index contributed by atoms with van der Waals surface area (Å²) in [5.74, 6) is 3.70. The number of imidazole rings is 1. The summed E-state index contributed by atoms with van der Waals surface area (Å²) >= 11 is 2.08. The van der Waals surface area contributed by atoms with Crippen LogP contribution in [-0.4, -0.2) is 56.5 Å². The summed E-state index contributed by atoms with van der Waals surface area (Å²) in [4.78, 5) is 15.3. The normalized spacial score (nSPS) is 17.9. The van der Waals surface area contributed by atoms with Gasteiger partial charge in [-0.05, 0) is 23.6 Å². The topological polar surface area (TPSA) is 58.3 Å². The van der Waals surface area contributed by atoms with Crippen molar-refractivity contribution in [1.29, 1.82) is 0 Å². The fourth-order valence-corrected chi connectivity index (χ4v) is 4.19. The second-order valence-corrected chi connectivity index (χ2v) is 7.84. The first-order chi connectivity index (χ1) is 12.2. The lowest BCUT2D eigenvalue weighted by Crippen LogP contribution is -2.48. The van der Waals surface area contributed by atoms with Crippen molar-refractivity contribution in [3.05, 3.63) is 42.6 Å². The van der Waals surface area contributed by atoms with Gasteiger partial charge in [0.25, 0.3) is 0 Å². The maximum Gasteiger partial charge on any atom is 0.193 e. The van der Waals surface area contributed by atoms with Crippen LogP contribution in [0.2, 0.25) is 0 Å². The number of guanidine groups is 1. The Kier molecular flexibility index (Phi) is 8.20. The molecule has 1 atom stereocenters. The first-order valence-corrected chi connectivity index (χ1v) is 9.72. The van der Waals surface area contributed by atoms with E-state index in [9.17, 15) is 0 Å². The van der Waals surface area contributed by atoms with Crippen LogP contribution in [0, 0.1) is 5.92 Å². The highest BCUT2D eigenvalue weighted by atomic mass is 127. The Morgan fingerprint density at radius 2 is 2.27 bits per heavy atom. The smallest absolute Gasteiger partial charge is 0.193 e. The molecular weight excluding hydrogens is 459 g/mol. The molecule has 0 bridgehead atoms. The molecule has 1 aliphatic rings. The van der Waals surface area contributed by atoms with E-state index >= 15 is 0 Å². The van der Waals surface area contributed by atoms with E-state index in [1.807, 2.05) is 30.1 Å². The average Bonchev–Trinajstić information content (AvgIpc) is 3.17. The van der Waals surface area contributed by atoms with Crippen LogP contribution in [0.3, 0.4) is 0 Å². The van der Waals surface area contributed by atoms with Gasteiger partial charge in [-0.25, -0.2) is 9.97 Å². The summed E-state index contributed by atoms with van der Waals surface area (Å²) in [7, 11) is 1.86. The standard InChI is InChI=1S/C18H26N6S.HI/c1-14(2)16-12-23(8-9-25-16)18(19-3)22-11-15-4-5-21-17(10-15)24-7-6-20-13-24;/h4-7,10,13-14,16H,8-9,11-12H2,1-3H3,(H,19,22);1H. The van der Waals surface area contributed by atoms with Gasteiger partial charge in [0, 0.05) is 56.3 Å². The number of aliphatic imine (C=N–C) groups is 1.